The second-order valence-corrected chi connectivity index (χ2v) is 7.03. The summed E-state index contributed by atoms with van der Waals surface area (Å²) in [6, 6.07) is 15.1. The lowest BCUT2D eigenvalue weighted by molar-refractivity contribution is -0.116. The van der Waals surface area contributed by atoms with Crippen molar-refractivity contribution in [1.82, 2.24) is 14.9 Å². The van der Waals surface area contributed by atoms with Crippen LogP contribution in [0.4, 0.5) is 10.1 Å². The zero-order valence-corrected chi connectivity index (χ0v) is 14.7. The highest BCUT2D eigenvalue weighted by molar-refractivity contribution is 8.00. The fourth-order valence-electron chi connectivity index (χ4n) is 2.82. The molecule has 1 aliphatic rings. The summed E-state index contributed by atoms with van der Waals surface area (Å²) in [7, 11) is 0. The van der Waals surface area contributed by atoms with E-state index in [0.717, 1.165) is 11.3 Å². The van der Waals surface area contributed by atoms with Gasteiger partial charge in [0.15, 0.2) is 0 Å². The van der Waals surface area contributed by atoms with E-state index in [-0.39, 0.29) is 17.8 Å². The van der Waals surface area contributed by atoms with Crippen molar-refractivity contribution in [1.29, 1.82) is 0 Å². The van der Waals surface area contributed by atoms with Crippen LogP contribution < -0.4 is 10.7 Å². The summed E-state index contributed by atoms with van der Waals surface area (Å²) >= 11 is 1.33. The van der Waals surface area contributed by atoms with Gasteiger partial charge in [-0.1, -0.05) is 42.1 Å². The van der Waals surface area contributed by atoms with E-state index in [0.29, 0.717) is 11.0 Å². The number of halogens is 1. The van der Waals surface area contributed by atoms with Crippen LogP contribution in [-0.2, 0) is 4.79 Å². The van der Waals surface area contributed by atoms with Gasteiger partial charge in [0.1, 0.15) is 16.9 Å². The molecule has 2 N–H and O–H groups in total. The first-order valence-corrected chi connectivity index (χ1v) is 8.96. The van der Waals surface area contributed by atoms with E-state index in [4.69, 9.17) is 0 Å². The second kappa shape index (κ2) is 6.80. The number of para-hydroxylation sites is 1. The number of hydrogen-bond acceptors (Lipinski definition) is 5. The number of anilines is 1. The maximum absolute atomic E-state index is 13.3. The van der Waals surface area contributed by atoms with E-state index < -0.39 is 5.25 Å². The van der Waals surface area contributed by atoms with E-state index in [2.05, 4.69) is 20.9 Å². The van der Waals surface area contributed by atoms with Crippen LogP contribution in [-0.4, -0.2) is 26.0 Å². The molecular formula is C18H16FN5OS. The molecule has 132 valence electrons. The molecule has 2 aromatic carbocycles. The third-order valence-corrected chi connectivity index (χ3v) is 5.34. The predicted octanol–water partition coefficient (Wildman–Crippen LogP) is 3.12. The molecule has 3 aromatic rings. The highest BCUT2D eigenvalue weighted by atomic mass is 32.2. The summed E-state index contributed by atoms with van der Waals surface area (Å²) in [5.41, 5.74) is 4.82. The van der Waals surface area contributed by atoms with E-state index in [9.17, 15) is 9.18 Å². The van der Waals surface area contributed by atoms with Gasteiger partial charge in [0, 0.05) is 5.69 Å². The average Bonchev–Trinajstić information content (AvgIpc) is 3.02. The maximum atomic E-state index is 13.3. The monoisotopic (exact) mass is 369 g/mol. The van der Waals surface area contributed by atoms with E-state index in [1.807, 2.05) is 37.3 Å². The summed E-state index contributed by atoms with van der Waals surface area (Å²) in [5, 5.41) is 11.2. The molecule has 0 saturated heterocycles. The zero-order chi connectivity index (χ0) is 18.1. The Morgan fingerprint density at radius 2 is 1.88 bits per heavy atom. The smallest absolute Gasteiger partial charge is 0.240 e. The molecule has 0 aliphatic carbocycles. The fraction of sp³-hybridized carbons (Fsp3) is 0.167. The number of amides is 1. The van der Waals surface area contributed by atoms with Gasteiger partial charge in [0.05, 0.1) is 6.04 Å². The van der Waals surface area contributed by atoms with Crippen LogP contribution in [0.3, 0.4) is 0 Å². The lowest BCUT2D eigenvalue weighted by atomic mass is 10.0. The highest BCUT2D eigenvalue weighted by Crippen LogP contribution is 2.37. The van der Waals surface area contributed by atoms with Crippen LogP contribution in [0.2, 0.25) is 0 Å². The van der Waals surface area contributed by atoms with Gasteiger partial charge in [-0.3, -0.25) is 4.79 Å². The van der Waals surface area contributed by atoms with E-state index >= 15 is 0 Å². The highest BCUT2D eigenvalue weighted by Gasteiger charge is 2.37. The van der Waals surface area contributed by atoms with Crippen molar-refractivity contribution < 1.29 is 9.18 Å². The quantitative estimate of drug-likeness (QED) is 0.742. The van der Waals surface area contributed by atoms with Crippen molar-refractivity contribution in [2.24, 2.45) is 0 Å². The van der Waals surface area contributed by atoms with Crippen LogP contribution in [0.1, 0.15) is 17.4 Å². The Morgan fingerprint density at radius 1 is 1.15 bits per heavy atom. The van der Waals surface area contributed by atoms with Crippen molar-refractivity contribution in [2.45, 2.75) is 23.4 Å². The van der Waals surface area contributed by atoms with Crippen LogP contribution in [0.25, 0.3) is 0 Å². The molecule has 0 spiro atoms. The van der Waals surface area contributed by atoms with Crippen molar-refractivity contribution in [3.63, 3.8) is 0 Å². The third-order valence-electron chi connectivity index (χ3n) is 4.13. The fourth-order valence-corrected chi connectivity index (χ4v) is 3.94. The van der Waals surface area contributed by atoms with Crippen LogP contribution in [0.15, 0.2) is 59.8 Å². The molecule has 26 heavy (non-hydrogen) atoms. The number of rotatable bonds is 3. The summed E-state index contributed by atoms with van der Waals surface area (Å²) < 4.78 is 15.1. The number of thioether (sulfide) groups is 1. The van der Waals surface area contributed by atoms with Gasteiger partial charge in [-0.05, 0) is 36.8 Å². The zero-order valence-electron chi connectivity index (χ0n) is 13.9. The van der Waals surface area contributed by atoms with E-state index in [1.54, 1.807) is 16.8 Å². The number of nitrogens with zero attached hydrogens (tertiary/aromatic N) is 3. The van der Waals surface area contributed by atoms with Gasteiger partial charge in [-0.2, -0.15) is 0 Å². The molecular weight excluding hydrogens is 353 g/mol. The van der Waals surface area contributed by atoms with Crippen molar-refractivity contribution in [3.8, 4) is 0 Å². The summed E-state index contributed by atoms with van der Waals surface area (Å²) in [5.74, 6) is 0.222. The topological polar surface area (TPSA) is 71.8 Å². The summed E-state index contributed by atoms with van der Waals surface area (Å²) in [6.07, 6.45) is 0. The Morgan fingerprint density at radius 3 is 2.62 bits per heavy atom. The molecule has 1 amide bonds. The predicted molar refractivity (Wildman–Crippen MR) is 98.0 cm³/mol. The number of aromatic nitrogens is 3. The van der Waals surface area contributed by atoms with Gasteiger partial charge in [0.2, 0.25) is 11.1 Å². The Balaban J connectivity index is 1.67. The molecule has 4 rings (SSSR count). The van der Waals surface area contributed by atoms with Gasteiger partial charge >= 0.3 is 0 Å². The number of fused-ring (bicyclic) bond motifs is 1. The number of carbonyl (C=O) groups is 1. The lowest BCUT2D eigenvalue weighted by Crippen LogP contribution is -2.41. The number of nitrogens with one attached hydrogen (secondary N) is 2. The average molecular weight is 369 g/mol. The molecule has 6 nitrogen and oxygen atoms in total. The number of hydrogen-bond donors (Lipinski definition) is 2. The molecule has 0 saturated carbocycles. The molecule has 2 atom stereocenters. The van der Waals surface area contributed by atoms with Gasteiger partial charge < -0.3 is 10.7 Å². The van der Waals surface area contributed by atoms with Gasteiger partial charge in [0.25, 0.3) is 0 Å². The minimum atomic E-state index is -0.489. The first-order valence-electron chi connectivity index (χ1n) is 8.08. The van der Waals surface area contributed by atoms with E-state index in [1.165, 1.54) is 23.9 Å². The molecule has 0 bridgehead atoms. The molecule has 0 unspecified atom stereocenters. The Hall–Kier alpha value is -2.87. The molecule has 0 fully saturated rings. The standard InChI is InChI=1S/C18H16FN5OS/c1-11-21-22-18-24(11)23-15(12-7-9-13(19)10-8-12)16(26-18)17(25)20-14-5-3-2-4-6-14/h2-10,15-16,23H,1H3,(H,20,25)/t15-,16-/m0/s1. The minimum absolute atomic E-state index is 0.157. The molecule has 0 radical (unpaired) electrons. The second-order valence-electron chi connectivity index (χ2n) is 5.92. The lowest BCUT2D eigenvalue weighted by Gasteiger charge is -2.32. The largest absolute Gasteiger partial charge is 0.325 e. The summed E-state index contributed by atoms with van der Waals surface area (Å²) in [4.78, 5) is 12.9. The number of aryl methyl sites for hydroxylation is 1. The maximum Gasteiger partial charge on any atom is 0.240 e. The van der Waals surface area contributed by atoms with Crippen LogP contribution in [0.5, 0.6) is 0 Å². The van der Waals surface area contributed by atoms with Crippen molar-refractivity contribution >= 4 is 23.4 Å². The minimum Gasteiger partial charge on any atom is -0.325 e. The van der Waals surface area contributed by atoms with Crippen LogP contribution >= 0.6 is 11.8 Å². The molecule has 1 aliphatic heterocycles. The van der Waals surface area contributed by atoms with Crippen LogP contribution in [0, 0.1) is 12.7 Å². The third kappa shape index (κ3) is 3.15. The normalized spacial score (nSPS) is 18.7. The van der Waals surface area contributed by atoms with Crippen molar-refractivity contribution in [3.05, 3.63) is 71.8 Å². The van der Waals surface area contributed by atoms with Crippen molar-refractivity contribution in [2.75, 3.05) is 10.7 Å². The molecule has 1 aromatic heterocycles. The molecule has 2 heterocycles. The van der Waals surface area contributed by atoms with Gasteiger partial charge in [-0.15, -0.1) is 10.2 Å². The van der Waals surface area contributed by atoms with Gasteiger partial charge in [-0.25, -0.2) is 9.07 Å². The first kappa shape index (κ1) is 16.6. The Labute approximate surface area is 153 Å². The Kier molecular flexibility index (Phi) is 4.34. The SMILES string of the molecule is Cc1nnc2n1N[C@@H](c1ccc(F)cc1)[C@@H](C(=O)Nc1ccccc1)S2. The number of carbonyl (C=O) groups excluding carboxylic acids is 1. The first-order chi connectivity index (χ1) is 12.6. The molecule has 8 heteroatoms. The number of benzene rings is 2. The Bertz CT molecular complexity index is 929. The summed E-state index contributed by atoms with van der Waals surface area (Å²) in [6.45, 7) is 1.83.